The first kappa shape index (κ1) is 16.1. The van der Waals surface area contributed by atoms with Gasteiger partial charge in [0.15, 0.2) is 5.69 Å². The molecule has 3 aliphatic carbocycles. The maximum atomic E-state index is 12.5. The lowest BCUT2D eigenvalue weighted by atomic mass is 9.64. The zero-order valence-electron chi connectivity index (χ0n) is 14.1. The van der Waals surface area contributed by atoms with Crippen molar-refractivity contribution in [2.45, 2.75) is 19.3 Å². The van der Waals surface area contributed by atoms with Gasteiger partial charge in [-0.25, -0.2) is 4.98 Å². The molecule has 2 N–H and O–H groups in total. The number of nitrogens with one attached hydrogen (secondary N) is 1. The van der Waals surface area contributed by atoms with Crippen LogP contribution in [0.4, 0.5) is 0 Å². The molecule has 0 spiro atoms. The Morgan fingerprint density at radius 2 is 1.88 bits per heavy atom. The van der Waals surface area contributed by atoms with Gasteiger partial charge in [-0.2, -0.15) is 0 Å². The predicted molar refractivity (Wildman–Crippen MR) is 91.8 cm³/mol. The zero-order chi connectivity index (χ0) is 17.4. The lowest BCUT2D eigenvalue weighted by Crippen LogP contribution is -2.35. The van der Waals surface area contributed by atoms with Gasteiger partial charge in [-0.3, -0.25) is 9.59 Å². The van der Waals surface area contributed by atoms with Crippen molar-refractivity contribution in [2.75, 3.05) is 19.6 Å². The molecule has 1 saturated carbocycles. The monoisotopic (exact) mass is 341 g/mol. The minimum atomic E-state index is -0.455. The van der Waals surface area contributed by atoms with Crippen molar-refractivity contribution < 1.29 is 14.7 Å². The van der Waals surface area contributed by atoms with Crippen molar-refractivity contribution >= 4 is 11.8 Å². The summed E-state index contributed by atoms with van der Waals surface area (Å²) in [4.78, 5) is 30.3. The molecule has 1 aromatic rings. The molecule has 4 aliphatic rings. The number of pyridine rings is 1. The maximum Gasteiger partial charge on any atom is 0.273 e. The van der Waals surface area contributed by atoms with Crippen LogP contribution in [0, 0.1) is 23.7 Å². The van der Waals surface area contributed by atoms with Gasteiger partial charge >= 0.3 is 0 Å². The Labute approximate surface area is 146 Å². The molecule has 2 heterocycles. The lowest BCUT2D eigenvalue weighted by Gasteiger charge is -2.40. The molecule has 132 valence electrons. The third-order valence-corrected chi connectivity index (χ3v) is 5.93. The van der Waals surface area contributed by atoms with E-state index in [9.17, 15) is 14.7 Å². The molecule has 0 unspecified atom stereocenters. The number of likely N-dealkylation sites (tertiary alicyclic amines) is 1. The number of carbonyl (C=O) groups is 2. The van der Waals surface area contributed by atoms with Gasteiger partial charge in [0.25, 0.3) is 5.91 Å². The van der Waals surface area contributed by atoms with Crippen LogP contribution in [-0.4, -0.2) is 46.4 Å². The number of allylic oxidation sites excluding steroid dienone is 2. The third kappa shape index (κ3) is 3.01. The van der Waals surface area contributed by atoms with Gasteiger partial charge in [0.05, 0.1) is 0 Å². The van der Waals surface area contributed by atoms with Crippen LogP contribution in [0.25, 0.3) is 0 Å². The second kappa shape index (κ2) is 6.50. The largest absolute Gasteiger partial charge is 0.505 e. The molecule has 25 heavy (non-hydrogen) atoms. The number of hydrogen-bond donors (Lipinski definition) is 2. The topological polar surface area (TPSA) is 82.5 Å². The molecule has 5 rings (SSSR count). The smallest absolute Gasteiger partial charge is 0.273 e. The molecule has 2 bridgehead atoms. The van der Waals surface area contributed by atoms with E-state index in [1.807, 2.05) is 4.90 Å². The highest BCUT2D eigenvalue weighted by Crippen LogP contribution is 2.48. The van der Waals surface area contributed by atoms with Gasteiger partial charge in [0.2, 0.25) is 5.91 Å². The van der Waals surface area contributed by atoms with E-state index >= 15 is 0 Å². The van der Waals surface area contributed by atoms with Crippen LogP contribution in [0.3, 0.4) is 0 Å². The summed E-state index contributed by atoms with van der Waals surface area (Å²) in [7, 11) is 0. The first-order valence-corrected chi connectivity index (χ1v) is 9.02. The summed E-state index contributed by atoms with van der Waals surface area (Å²) in [5.41, 5.74) is -0.00945. The number of aromatic nitrogens is 1. The fraction of sp³-hybridized carbons (Fsp3) is 0.526. The summed E-state index contributed by atoms with van der Waals surface area (Å²) in [5.74, 6) is 2.00. The average Bonchev–Trinajstić information content (AvgIpc) is 3.10. The number of fused-ring (bicyclic) bond motifs is 1. The van der Waals surface area contributed by atoms with Crippen molar-refractivity contribution in [1.82, 2.24) is 15.2 Å². The minimum absolute atomic E-state index is 0.00945. The molecule has 1 aliphatic heterocycles. The Balaban J connectivity index is 1.28. The molecule has 1 aromatic heterocycles. The van der Waals surface area contributed by atoms with Gasteiger partial charge in [0, 0.05) is 32.3 Å². The second-order valence-electron chi connectivity index (χ2n) is 7.29. The molecule has 2 fully saturated rings. The highest BCUT2D eigenvalue weighted by Gasteiger charge is 2.46. The zero-order valence-corrected chi connectivity index (χ0v) is 14.1. The molecule has 0 radical (unpaired) electrons. The fourth-order valence-corrected chi connectivity index (χ4v) is 4.64. The van der Waals surface area contributed by atoms with E-state index < -0.39 is 5.91 Å². The van der Waals surface area contributed by atoms with E-state index in [-0.39, 0.29) is 30.3 Å². The summed E-state index contributed by atoms with van der Waals surface area (Å²) in [6, 6.07) is 2.98. The normalized spacial score (nSPS) is 29.5. The Kier molecular flexibility index (Phi) is 4.19. The molecule has 1 saturated heterocycles. The standard InChI is InChI=1S/C19H23N3O3/c23-16-2-1-8-20-18(16)19(25)21-9-7-17(24)22-10-14-12-3-4-13(6-5-12)15(14)11-22/h1-4,8,12-15,23H,5-7,9-11H2,(H,21,25)/t12-,13+,14+,15-. The van der Waals surface area contributed by atoms with E-state index in [1.165, 1.54) is 25.1 Å². The summed E-state index contributed by atoms with van der Waals surface area (Å²) < 4.78 is 0. The van der Waals surface area contributed by atoms with Crippen molar-refractivity contribution in [2.24, 2.45) is 23.7 Å². The number of hydrogen-bond acceptors (Lipinski definition) is 4. The second-order valence-corrected chi connectivity index (χ2v) is 7.29. The summed E-state index contributed by atoms with van der Waals surface area (Å²) >= 11 is 0. The van der Waals surface area contributed by atoms with E-state index in [1.54, 1.807) is 6.07 Å². The Morgan fingerprint density at radius 3 is 2.48 bits per heavy atom. The van der Waals surface area contributed by atoms with Gasteiger partial charge in [-0.1, -0.05) is 12.2 Å². The van der Waals surface area contributed by atoms with Crippen LogP contribution < -0.4 is 5.32 Å². The third-order valence-electron chi connectivity index (χ3n) is 5.93. The summed E-state index contributed by atoms with van der Waals surface area (Å²) in [6.07, 6.45) is 8.95. The summed E-state index contributed by atoms with van der Waals surface area (Å²) in [5, 5.41) is 12.3. The average molecular weight is 341 g/mol. The Morgan fingerprint density at radius 1 is 1.20 bits per heavy atom. The number of rotatable bonds is 4. The number of nitrogens with zero attached hydrogens (tertiary/aromatic N) is 2. The van der Waals surface area contributed by atoms with Gasteiger partial charge in [-0.15, -0.1) is 0 Å². The molecular formula is C19H23N3O3. The SMILES string of the molecule is O=C(NCCC(=O)N1C[C@@H]2[C@H](C1)[C@H]1C=C[C@@H]2CC1)c1ncccc1O. The molecule has 2 amide bonds. The fourth-order valence-electron chi connectivity index (χ4n) is 4.64. The van der Waals surface area contributed by atoms with Gasteiger partial charge in [0.1, 0.15) is 5.75 Å². The van der Waals surface area contributed by atoms with E-state index in [2.05, 4.69) is 22.5 Å². The van der Waals surface area contributed by atoms with E-state index in [4.69, 9.17) is 0 Å². The molecular weight excluding hydrogens is 318 g/mol. The molecule has 6 nitrogen and oxygen atoms in total. The molecule has 6 heteroatoms. The van der Waals surface area contributed by atoms with Crippen LogP contribution in [0.2, 0.25) is 0 Å². The Hall–Kier alpha value is -2.37. The molecule has 4 atom stereocenters. The first-order valence-electron chi connectivity index (χ1n) is 9.02. The van der Waals surface area contributed by atoms with Crippen molar-refractivity contribution in [3.63, 3.8) is 0 Å². The van der Waals surface area contributed by atoms with Crippen LogP contribution in [-0.2, 0) is 4.79 Å². The minimum Gasteiger partial charge on any atom is -0.505 e. The van der Waals surface area contributed by atoms with Crippen molar-refractivity contribution in [1.29, 1.82) is 0 Å². The molecule has 0 aromatic carbocycles. The van der Waals surface area contributed by atoms with Crippen LogP contribution in [0.1, 0.15) is 29.8 Å². The van der Waals surface area contributed by atoms with Crippen molar-refractivity contribution in [3.8, 4) is 5.75 Å². The number of amides is 2. The Bertz CT molecular complexity index is 696. The van der Waals surface area contributed by atoms with E-state index in [0.717, 1.165) is 13.1 Å². The number of aromatic hydroxyl groups is 1. The quantitative estimate of drug-likeness (QED) is 0.815. The lowest BCUT2D eigenvalue weighted by molar-refractivity contribution is -0.130. The predicted octanol–water partition coefficient (Wildman–Crippen LogP) is 1.58. The van der Waals surface area contributed by atoms with Crippen LogP contribution in [0.5, 0.6) is 5.75 Å². The highest BCUT2D eigenvalue weighted by atomic mass is 16.3. The van der Waals surface area contributed by atoms with E-state index in [0.29, 0.717) is 23.7 Å². The highest BCUT2D eigenvalue weighted by molar-refractivity contribution is 5.94. The van der Waals surface area contributed by atoms with Gasteiger partial charge in [-0.05, 0) is 48.6 Å². The number of carbonyl (C=O) groups excluding carboxylic acids is 2. The summed E-state index contributed by atoms with van der Waals surface area (Å²) in [6.45, 7) is 1.96. The van der Waals surface area contributed by atoms with Gasteiger partial charge < -0.3 is 15.3 Å². The van der Waals surface area contributed by atoms with Crippen LogP contribution in [0.15, 0.2) is 30.5 Å². The van der Waals surface area contributed by atoms with Crippen LogP contribution >= 0.6 is 0 Å². The van der Waals surface area contributed by atoms with Crippen molar-refractivity contribution in [3.05, 3.63) is 36.2 Å². The first-order chi connectivity index (χ1) is 12.1. The maximum absolute atomic E-state index is 12.5.